The van der Waals surface area contributed by atoms with Gasteiger partial charge in [-0.2, -0.15) is 0 Å². The summed E-state index contributed by atoms with van der Waals surface area (Å²) in [6.07, 6.45) is 0. The van der Waals surface area contributed by atoms with E-state index in [1.165, 1.54) is 0 Å². The number of carboxylic acid groups (broad SMARTS) is 1. The molecule has 19 heavy (non-hydrogen) atoms. The predicted octanol–water partition coefficient (Wildman–Crippen LogP) is 2.53. The van der Waals surface area contributed by atoms with Crippen molar-refractivity contribution in [3.8, 4) is 0 Å². The first-order valence-corrected chi connectivity index (χ1v) is 6.24. The normalized spacial score (nSPS) is 12.9. The summed E-state index contributed by atoms with van der Waals surface area (Å²) >= 11 is 0. The number of amides is 1. The van der Waals surface area contributed by atoms with Gasteiger partial charge in [0, 0.05) is 5.56 Å². The van der Waals surface area contributed by atoms with Crippen LogP contribution in [-0.4, -0.2) is 23.0 Å². The topological polar surface area (TPSA) is 66.4 Å². The molecule has 104 valence electrons. The van der Waals surface area contributed by atoms with E-state index < -0.39 is 17.4 Å². The first-order valence-electron chi connectivity index (χ1n) is 6.24. The van der Waals surface area contributed by atoms with Crippen LogP contribution in [0.4, 0.5) is 0 Å². The zero-order valence-electron chi connectivity index (χ0n) is 12.1. The molecule has 0 aliphatic rings. The summed E-state index contributed by atoms with van der Waals surface area (Å²) in [6.45, 7) is 9.14. The van der Waals surface area contributed by atoms with Crippen molar-refractivity contribution >= 4 is 11.9 Å². The number of rotatable bonds is 3. The number of aliphatic carboxylic acids is 1. The number of aryl methyl sites for hydroxylation is 1. The van der Waals surface area contributed by atoms with Gasteiger partial charge < -0.3 is 10.4 Å². The van der Waals surface area contributed by atoms with Crippen molar-refractivity contribution < 1.29 is 14.7 Å². The van der Waals surface area contributed by atoms with Crippen molar-refractivity contribution in [2.24, 2.45) is 5.41 Å². The molecule has 0 heterocycles. The van der Waals surface area contributed by atoms with Crippen molar-refractivity contribution in [2.75, 3.05) is 0 Å². The monoisotopic (exact) mass is 263 g/mol. The Hall–Kier alpha value is -1.84. The number of carbonyl (C=O) groups is 2. The molecule has 0 aromatic heterocycles. The van der Waals surface area contributed by atoms with E-state index in [2.05, 4.69) is 5.32 Å². The molecule has 0 unspecified atom stereocenters. The van der Waals surface area contributed by atoms with E-state index in [9.17, 15) is 14.7 Å². The van der Waals surface area contributed by atoms with Gasteiger partial charge in [-0.1, -0.05) is 32.9 Å². The third-order valence-corrected chi connectivity index (χ3v) is 3.24. The van der Waals surface area contributed by atoms with Gasteiger partial charge in [-0.25, -0.2) is 4.79 Å². The molecule has 1 atom stereocenters. The largest absolute Gasteiger partial charge is 0.480 e. The summed E-state index contributed by atoms with van der Waals surface area (Å²) in [6, 6.07) is 4.51. The molecule has 2 N–H and O–H groups in total. The summed E-state index contributed by atoms with van der Waals surface area (Å²) in [5.74, 6) is -1.37. The number of carbonyl (C=O) groups excluding carboxylic acids is 1. The number of benzene rings is 1. The van der Waals surface area contributed by atoms with Crippen LogP contribution in [0, 0.1) is 19.3 Å². The van der Waals surface area contributed by atoms with Crippen molar-refractivity contribution in [2.45, 2.75) is 40.7 Å². The second-order valence-corrected chi connectivity index (χ2v) is 5.86. The molecule has 0 fully saturated rings. The van der Waals surface area contributed by atoms with Crippen LogP contribution in [0.15, 0.2) is 18.2 Å². The lowest BCUT2D eigenvalue weighted by Gasteiger charge is -2.28. The molecular weight excluding hydrogens is 242 g/mol. The van der Waals surface area contributed by atoms with E-state index >= 15 is 0 Å². The second-order valence-electron chi connectivity index (χ2n) is 5.86. The lowest BCUT2D eigenvalue weighted by Crippen LogP contribution is -2.49. The van der Waals surface area contributed by atoms with Gasteiger partial charge in [0.2, 0.25) is 0 Å². The van der Waals surface area contributed by atoms with E-state index in [-0.39, 0.29) is 5.91 Å². The number of hydrogen-bond acceptors (Lipinski definition) is 2. The fourth-order valence-corrected chi connectivity index (χ4v) is 1.85. The van der Waals surface area contributed by atoms with Crippen LogP contribution in [-0.2, 0) is 4.79 Å². The van der Waals surface area contributed by atoms with Crippen LogP contribution in [0.5, 0.6) is 0 Å². The quantitative estimate of drug-likeness (QED) is 0.880. The highest BCUT2D eigenvalue weighted by Crippen LogP contribution is 2.20. The van der Waals surface area contributed by atoms with E-state index in [4.69, 9.17) is 0 Å². The highest BCUT2D eigenvalue weighted by molar-refractivity contribution is 5.98. The van der Waals surface area contributed by atoms with Crippen molar-refractivity contribution in [3.63, 3.8) is 0 Å². The summed E-state index contributed by atoms with van der Waals surface area (Å²) in [4.78, 5) is 23.5. The molecule has 0 saturated carbocycles. The lowest BCUT2D eigenvalue weighted by atomic mass is 9.86. The van der Waals surface area contributed by atoms with Crippen LogP contribution < -0.4 is 5.32 Å². The zero-order valence-corrected chi connectivity index (χ0v) is 12.1. The van der Waals surface area contributed by atoms with Gasteiger partial charge >= 0.3 is 5.97 Å². The van der Waals surface area contributed by atoms with Crippen molar-refractivity contribution in [1.82, 2.24) is 5.32 Å². The highest BCUT2D eigenvalue weighted by Gasteiger charge is 2.33. The van der Waals surface area contributed by atoms with Crippen LogP contribution in [0.25, 0.3) is 0 Å². The van der Waals surface area contributed by atoms with E-state index in [1.54, 1.807) is 32.9 Å². The van der Waals surface area contributed by atoms with E-state index in [0.29, 0.717) is 5.56 Å². The fraction of sp³-hybridized carbons (Fsp3) is 0.467. The molecular formula is C15H21NO3. The van der Waals surface area contributed by atoms with Crippen molar-refractivity contribution in [3.05, 3.63) is 34.9 Å². The Kier molecular flexibility index (Phi) is 4.35. The third kappa shape index (κ3) is 3.56. The maximum atomic E-state index is 12.2. The summed E-state index contributed by atoms with van der Waals surface area (Å²) in [5, 5.41) is 11.8. The first kappa shape index (κ1) is 15.2. The Morgan fingerprint density at radius 3 is 2.26 bits per heavy atom. The number of nitrogens with one attached hydrogen (secondary N) is 1. The molecule has 4 nitrogen and oxygen atoms in total. The van der Waals surface area contributed by atoms with Gasteiger partial charge in [-0.15, -0.1) is 0 Å². The average Bonchev–Trinajstić information content (AvgIpc) is 2.27. The smallest absolute Gasteiger partial charge is 0.326 e. The molecule has 0 saturated heterocycles. The fourth-order valence-electron chi connectivity index (χ4n) is 1.85. The predicted molar refractivity (Wildman–Crippen MR) is 74.3 cm³/mol. The Balaban J connectivity index is 3.02. The second kappa shape index (κ2) is 5.43. The Labute approximate surface area is 113 Å². The van der Waals surface area contributed by atoms with Gasteiger partial charge in [-0.05, 0) is 36.5 Å². The van der Waals surface area contributed by atoms with Gasteiger partial charge in [0.15, 0.2) is 0 Å². The molecule has 1 amide bonds. The SMILES string of the molecule is Cc1cccc(C(=O)N[C@@H](C(=O)O)C(C)(C)C)c1C. The lowest BCUT2D eigenvalue weighted by molar-refractivity contribution is -0.142. The Morgan fingerprint density at radius 2 is 1.79 bits per heavy atom. The Morgan fingerprint density at radius 1 is 1.21 bits per heavy atom. The van der Waals surface area contributed by atoms with Gasteiger partial charge in [0.25, 0.3) is 5.91 Å². The van der Waals surface area contributed by atoms with Crippen LogP contribution >= 0.6 is 0 Å². The molecule has 0 bridgehead atoms. The van der Waals surface area contributed by atoms with E-state index in [1.807, 2.05) is 19.9 Å². The van der Waals surface area contributed by atoms with E-state index in [0.717, 1.165) is 11.1 Å². The minimum atomic E-state index is -1.02. The average molecular weight is 263 g/mol. The molecule has 0 spiro atoms. The maximum absolute atomic E-state index is 12.2. The zero-order chi connectivity index (χ0) is 14.8. The standard InChI is InChI=1S/C15H21NO3/c1-9-7-6-8-11(10(9)2)13(17)16-12(14(18)19)15(3,4)5/h6-8,12H,1-5H3,(H,16,17)(H,18,19)/t12-/m0/s1. The summed E-state index contributed by atoms with van der Waals surface area (Å²) < 4.78 is 0. The number of hydrogen-bond donors (Lipinski definition) is 2. The summed E-state index contributed by atoms with van der Waals surface area (Å²) in [5.41, 5.74) is 1.86. The van der Waals surface area contributed by atoms with Crippen LogP contribution in [0.3, 0.4) is 0 Å². The van der Waals surface area contributed by atoms with Crippen molar-refractivity contribution in [1.29, 1.82) is 0 Å². The van der Waals surface area contributed by atoms with Gasteiger partial charge in [-0.3, -0.25) is 4.79 Å². The molecule has 0 aliphatic heterocycles. The maximum Gasteiger partial charge on any atom is 0.326 e. The van der Waals surface area contributed by atoms with Gasteiger partial charge in [0.05, 0.1) is 0 Å². The first-order chi connectivity index (χ1) is 8.64. The minimum absolute atomic E-state index is 0.344. The third-order valence-electron chi connectivity index (χ3n) is 3.24. The molecule has 0 aliphatic carbocycles. The molecule has 1 rings (SSSR count). The van der Waals surface area contributed by atoms with Crippen LogP contribution in [0.2, 0.25) is 0 Å². The number of carboxylic acids is 1. The molecule has 1 aromatic rings. The highest BCUT2D eigenvalue weighted by atomic mass is 16.4. The minimum Gasteiger partial charge on any atom is -0.480 e. The molecule has 1 aromatic carbocycles. The Bertz CT molecular complexity index is 501. The molecule has 0 radical (unpaired) electrons. The summed E-state index contributed by atoms with van der Waals surface area (Å²) in [7, 11) is 0. The van der Waals surface area contributed by atoms with Crippen LogP contribution in [0.1, 0.15) is 42.3 Å². The molecule has 4 heteroatoms. The van der Waals surface area contributed by atoms with Gasteiger partial charge in [0.1, 0.15) is 6.04 Å².